The number of methoxy groups -OCH3 is 1. The standard InChI is InChI=1S/C24H18F2N2O5/c1-27(16-10-13(25)9-14(26)11-16)23(31)21-22(30)19-8-7-18(33-2)12-20(19)28(24(21)32)15-3-5-17(29)6-4-15/h3-12,29-30H,1-2H3. The van der Waals surface area contributed by atoms with Gasteiger partial charge in [0.25, 0.3) is 11.5 Å². The third kappa shape index (κ3) is 3.84. The van der Waals surface area contributed by atoms with Crippen LogP contribution in [0.4, 0.5) is 14.5 Å². The number of amides is 1. The summed E-state index contributed by atoms with van der Waals surface area (Å²) in [6.07, 6.45) is 0. The number of halogens is 2. The smallest absolute Gasteiger partial charge is 0.272 e. The molecule has 0 saturated carbocycles. The van der Waals surface area contributed by atoms with Crippen LogP contribution in [0.5, 0.6) is 17.2 Å². The van der Waals surface area contributed by atoms with Crippen molar-refractivity contribution in [1.82, 2.24) is 4.57 Å². The number of hydrogen-bond acceptors (Lipinski definition) is 5. The van der Waals surface area contributed by atoms with Crippen molar-refractivity contribution < 1.29 is 28.5 Å². The van der Waals surface area contributed by atoms with Crippen LogP contribution >= 0.6 is 0 Å². The first kappa shape index (κ1) is 21.8. The molecule has 7 nitrogen and oxygen atoms in total. The number of ether oxygens (including phenoxy) is 1. The second kappa shape index (κ2) is 8.27. The van der Waals surface area contributed by atoms with Gasteiger partial charge in [0, 0.05) is 35.9 Å². The molecule has 1 heterocycles. The minimum Gasteiger partial charge on any atom is -0.508 e. The van der Waals surface area contributed by atoms with Gasteiger partial charge in [0.05, 0.1) is 12.6 Å². The molecule has 0 saturated heterocycles. The number of phenols is 1. The molecule has 4 aromatic rings. The van der Waals surface area contributed by atoms with E-state index in [1.165, 1.54) is 55.1 Å². The van der Waals surface area contributed by atoms with Crippen LogP contribution in [0.25, 0.3) is 16.6 Å². The number of fused-ring (bicyclic) bond motifs is 1. The largest absolute Gasteiger partial charge is 0.508 e. The lowest BCUT2D eigenvalue weighted by Crippen LogP contribution is -2.34. The molecule has 33 heavy (non-hydrogen) atoms. The zero-order valence-electron chi connectivity index (χ0n) is 17.5. The zero-order valence-corrected chi connectivity index (χ0v) is 17.5. The Balaban J connectivity index is 2.00. The van der Waals surface area contributed by atoms with Gasteiger partial charge in [0.2, 0.25) is 0 Å². The summed E-state index contributed by atoms with van der Waals surface area (Å²) >= 11 is 0. The van der Waals surface area contributed by atoms with Gasteiger partial charge in [-0.05, 0) is 48.5 Å². The number of carbonyl (C=O) groups is 1. The maximum absolute atomic E-state index is 13.7. The fourth-order valence-electron chi connectivity index (χ4n) is 3.55. The Morgan fingerprint density at radius 2 is 1.61 bits per heavy atom. The predicted molar refractivity (Wildman–Crippen MR) is 119 cm³/mol. The van der Waals surface area contributed by atoms with Crippen molar-refractivity contribution in [2.24, 2.45) is 0 Å². The molecule has 0 unspecified atom stereocenters. The van der Waals surface area contributed by atoms with E-state index in [2.05, 4.69) is 0 Å². The van der Waals surface area contributed by atoms with Crippen molar-refractivity contribution in [3.05, 3.63) is 88.2 Å². The molecule has 1 aromatic heterocycles. The van der Waals surface area contributed by atoms with Crippen molar-refractivity contribution in [3.63, 3.8) is 0 Å². The first-order valence-corrected chi connectivity index (χ1v) is 9.70. The van der Waals surface area contributed by atoms with E-state index in [4.69, 9.17) is 4.74 Å². The van der Waals surface area contributed by atoms with Gasteiger partial charge in [-0.2, -0.15) is 0 Å². The van der Waals surface area contributed by atoms with Gasteiger partial charge in [-0.15, -0.1) is 0 Å². The van der Waals surface area contributed by atoms with Gasteiger partial charge in [0.15, 0.2) is 0 Å². The molecule has 0 fully saturated rings. The molecule has 3 aromatic carbocycles. The number of nitrogens with zero attached hydrogens (tertiary/aromatic N) is 2. The summed E-state index contributed by atoms with van der Waals surface area (Å²) < 4.78 is 33.8. The lowest BCUT2D eigenvalue weighted by molar-refractivity contribution is 0.0989. The Bertz CT molecular complexity index is 1430. The van der Waals surface area contributed by atoms with Crippen LogP contribution in [0.3, 0.4) is 0 Å². The molecule has 4 rings (SSSR count). The van der Waals surface area contributed by atoms with E-state index >= 15 is 0 Å². The maximum atomic E-state index is 13.7. The van der Waals surface area contributed by atoms with Gasteiger partial charge < -0.3 is 19.8 Å². The fraction of sp³-hybridized carbons (Fsp3) is 0.0833. The summed E-state index contributed by atoms with van der Waals surface area (Å²) in [6, 6.07) is 12.7. The average Bonchev–Trinajstić information content (AvgIpc) is 2.78. The molecule has 168 valence electrons. The Labute approximate surface area is 186 Å². The molecule has 0 radical (unpaired) electrons. The number of phenolic OH excluding ortho intramolecular Hbond substituents is 1. The van der Waals surface area contributed by atoms with Crippen LogP contribution < -0.4 is 15.2 Å². The highest BCUT2D eigenvalue weighted by Gasteiger charge is 2.27. The van der Waals surface area contributed by atoms with Gasteiger partial charge in [0.1, 0.15) is 34.4 Å². The molecule has 9 heteroatoms. The van der Waals surface area contributed by atoms with E-state index in [1.54, 1.807) is 6.07 Å². The minimum absolute atomic E-state index is 0.0309. The number of hydrogen-bond donors (Lipinski definition) is 2. The number of aromatic hydroxyl groups is 2. The topological polar surface area (TPSA) is 92.0 Å². The number of anilines is 1. The number of carbonyl (C=O) groups excluding carboxylic acids is 1. The Morgan fingerprint density at radius 1 is 0.970 bits per heavy atom. The molecule has 0 bridgehead atoms. The van der Waals surface area contributed by atoms with Gasteiger partial charge >= 0.3 is 0 Å². The Hall–Kier alpha value is -4.40. The molecular formula is C24H18F2N2O5. The first-order chi connectivity index (χ1) is 15.7. The number of pyridine rings is 1. The molecule has 2 N–H and O–H groups in total. The summed E-state index contributed by atoms with van der Waals surface area (Å²) in [5.41, 5.74) is -1.04. The fourth-order valence-corrected chi connectivity index (χ4v) is 3.55. The van der Waals surface area contributed by atoms with Crippen LogP contribution in [0.1, 0.15) is 10.4 Å². The summed E-state index contributed by atoms with van der Waals surface area (Å²) in [4.78, 5) is 27.6. The number of aromatic nitrogens is 1. The van der Waals surface area contributed by atoms with Crippen molar-refractivity contribution in [2.45, 2.75) is 0 Å². The summed E-state index contributed by atoms with van der Waals surface area (Å²) in [6.45, 7) is 0. The lowest BCUT2D eigenvalue weighted by atomic mass is 10.1. The highest BCUT2D eigenvalue weighted by atomic mass is 19.1. The molecule has 0 spiro atoms. The van der Waals surface area contributed by atoms with Crippen molar-refractivity contribution in [1.29, 1.82) is 0 Å². The van der Waals surface area contributed by atoms with Crippen molar-refractivity contribution in [2.75, 3.05) is 19.1 Å². The third-order valence-corrected chi connectivity index (χ3v) is 5.22. The second-order valence-corrected chi connectivity index (χ2v) is 7.26. The normalized spacial score (nSPS) is 10.9. The van der Waals surface area contributed by atoms with E-state index < -0.39 is 34.4 Å². The molecule has 0 aliphatic carbocycles. The molecule has 0 aliphatic heterocycles. The van der Waals surface area contributed by atoms with Crippen molar-refractivity contribution in [3.8, 4) is 22.9 Å². The van der Waals surface area contributed by atoms with E-state index in [0.717, 1.165) is 17.0 Å². The van der Waals surface area contributed by atoms with E-state index in [9.17, 15) is 28.6 Å². The number of rotatable bonds is 4. The van der Waals surface area contributed by atoms with Gasteiger partial charge in [-0.1, -0.05) is 0 Å². The molecular weight excluding hydrogens is 434 g/mol. The molecule has 1 amide bonds. The monoisotopic (exact) mass is 452 g/mol. The summed E-state index contributed by atoms with van der Waals surface area (Å²) in [5.74, 6) is -2.98. The van der Waals surface area contributed by atoms with Crippen LogP contribution in [0.2, 0.25) is 0 Å². The average molecular weight is 452 g/mol. The maximum Gasteiger partial charge on any atom is 0.272 e. The second-order valence-electron chi connectivity index (χ2n) is 7.26. The van der Waals surface area contributed by atoms with Gasteiger partial charge in [-0.3, -0.25) is 14.2 Å². The minimum atomic E-state index is -0.965. The lowest BCUT2D eigenvalue weighted by Gasteiger charge is -2.20. The van der Waals surface area contributed by atoms with Crippen LogP contribution in [0, 0.1) is 11.6 Å². The number of benzene rings is 3. The predicted octanol–water partition coefficient (Wildman–Crippen LogP) is 3.97. The van der Waals surface area contributed by atoms with Crippen LogP contribution in [-0.4, -0.2) is 34.8 Å². The quantitative estimate of drug-likeness (QED) is 0.489. The van der Waals surface area contributed by atoms with Gasteiger partial charge in [-0.25, -0.2) is 8.78 Å². The highest BCUT2D eigenvalue weighted by molar-refractivity contribution is 6.10. The van der Waals surface area contributed by atoms with Crippen LogP contribution in [-0.2, 0) is 0 Å². The first-order valence-electron chi connectivity index (χ1n) is 9.70. The van der Waals surface area contributed by atoms with E-state index in [1.807, 2.05) is 0 Å². The van der Waals surface area contributed by atoms with Crippen LogP contribution in [0.15, 0.2) is 65.5 Å². The van der Waals surface area contributed by atoms with Crippen molar-refractivity contribution >= 4 is 22.5 Å². The summed E-state index contributed by atoms with van der Waals surface area (Å²) in [7, 11) is 2.67. The molecule has 0 aliphatic rings. The third-order valence-electron chi connectivity index (χ3n) is 5.22. The Kier molecular flexibility index (Phi) is 5.47. The SMILES string of the molecule is COc1ccc2c(O)c(C(=O)N(C)c3cc(F)cc(F)c3)c(=O)n(-c3ccc(O)cc3)c2c1. The molecule has 0 atom stereocenters. The van der Waals surface area contributed by atoms with E-state index in [-0.39, 0.29) is 22.3 Å². The van der Waals surface area contributed by atoms with E-state index in [0.29, 0.717) is 17.5 Å². The zero-order chi connectivity index (χ0) is 23.9. The Morgan fingerprint density at radius 3 is 2.21 bits per heavy atom. The highest BCUT2D eigenvalue weighted by Crippen LogP contribution is 2.32. The summed E-state index contributed by atoms with van der Waals surface area (Å²) in [5, 5.41) is 20.7.